The third-order valence-electron chi connectivity index (χ3n) is 3.61. The number of aryl methyl sites for hydroxylation is 2. The largest absolute Gasteiger partial charge is 0.341 e. The Hall–Kier alpha value is -1.82. The summed E-state index contributed by atoms with van der Waals surface area (Å²) < 4.78 is 0. The Bertz CT molecular complexity index is 666. The number of likely N-dealkylation sites (N-methyl/N-ethyl adjacent to an activating group) is 1. The first-order chi connectivity index (χ1) is 10.4. The summed E-state index contributed by atoms with van der Waals surface area (Å²) in [5.74, 6) is 1.00. The van der Waals surface area contributed by atoms with E-state index in [-0.39, 0.29) is 11.8 Å². The normalized spacial score (nSPS) is 11.0. The summed E-state index contributed by atoms with van der Waals surface area (Å²) in [4.78, 5) is 28.4. The monoisotopic (exact) mass is 318 g/mol. The highest BCUT2D eigenvalue weighted by atomic mass is 32.1. The van der Waals surface area contributed by atoms with Gasteiger partial charge >= 0.3 is 0 Å². The van der Waals surface area contributed by atoms with Crippen molar-refractivity contribution < 1.29 is 4.79 Å². The molecule has 0 fully saturated rings. The van der Waals surface area contributed by atoms with E-state index in [0.29, 0.717) is 12.1 Å². The van der Waals surface area contributed by atoms with Crippen LogP contribution in [0, 0.1) is 13.8 Å². The van der Waals surface area contributed by atoms with Gasteiger partial charge in [-0.1, -0.05) is 13.8 Å². The number of hydrogen-bond acceptors (Lipinski definition) is 5. The minimum absolute atomic E-state index is 0.0324. The summed E-state index contributed by atoms with van der Waals surface area (Å²) in [5.41, 5.74) is 4.21. The van der Waals surface area contributed by atoms with Gasteiger partial charge in [0.2, 0.25) is 0 Å². The minimum atomic E-state index is -0.0324. The zero-order valence-corrected chi connectivity index (χ0v) is 14.6. The molecule has 1 amide bonds. The van der Waals surface area contributed by atoms with Crippen LogP contribution in [0.2, 0.25) is 0 Å². The molecule has 0 bridgehead atoms. The van der Waals surface area contributed by atoms with Crippen molar-refractivity contribution in [2.75, 3.05) is 13.6 Å². The number of thiazole rings is 1. The summed E-state index contributed by atoms with van der Waals surface area (Å²) in [7, 11) is 1.81. The molecule has 5 nitrogen and oxygen atoms in total. The summed E-state index contributed by atoms with van der Waals surface area (Å²) in [6.07, 6.45) is 2.47. The summed E-state index contributed by atoms with van der Waals surface area (Å²) in [5, 5.41) is 0. The van der Waals surface area contributed by atoms with Crippen molar-refractivity contribution in [2.24, 2.45) is 0 Å². The molecule has 0 aliphatic heterocycles. The summed E-state index contributed by atoms with van der Waals surface area (Å²) in [6.45, 7) is 8.60. The van der Waals surface area contributed by atoms with Gasteiger partial charge in [0.05, 0.1) is 22.5 Å². The lowest BCUT2D eigenvalue weighted by atomic mass is 10.1. The Kier molecular flexibility index (Phi) is 5.24. The van der Waals surface area contributed by atoms with Crippen LogP contribution >= 0.6 is 11.3 Å². The van der Waals surface area contributed by atoms with E-state index in [1.807, 2.05) is 40.3 Å². The maximum atomic E-state index is 12.5. The fourth-order valence-electron chi connectivity index (χ4n) is 2.12. The first-order valence-corrected chi connectivity index (χ1v) is 8.26. The first kappa shape index (κ1) is 16.5. The molecule has 2 aromatic rings. The Morgan fingerprint density at radius 2 is 2.00 bits per heavy atom. The van der Waals surface area contributed by atoms with E-state index in [9.17, 15) is 4.79 Å². The molecule has 0 unspecified atom stereocenters. The van der Waals surface area contributed by atoms with Crippen LogP contribution in [0.25, 0.3) is 0 Å². The van der Waals surface area contributed by atoms with E-state index >= 15 is 0 Å². The predicted molar refractivity (Wildman–Crippen MR) is 88.4 cm³/mol. The molecule has 0 saturated carbocycles. The quantitative estimate of drug-likeness (QED) is 0.850. The third kappa shape index (κ3) is 3.68. The number of nitrogens with zero attached hydrogens (tertiary/aromatic N) is 4. The lowest BCUT2D eigenvalue weighted by molar-refractivity contribution is 0.0795. The van der Waals surface area contributed by atoms with Gasteiger partial charge in [-0.15, -0.1) is 11.3 Å². The highest BCUT2D eigenvalue weighted by molar-refractivity contribution is 7.09. The Balaban J connectivity index is 2.05. The van der Waals surface area contributed by atoms with Crippen LogP contribution in [0.5, 0.6) is 0 Å². The average molecular weight is 318 g/mol. The molecule has 0 aliphatic rings. The zero-order chi connectivity index (χ0) is 16.3. The lowest BCUT2D eigenvalue weighted by Gasteiger charge is -2.18. The Morgan fingerprint density at radius 3 is 2.55 bits per heavy atom. The number of hydrogen-bond donors (Lipinski definition) is 0. The van der Waals surface area contributed by atoms with Crippen LogP contribution < -0.4 is 0 Å². The van der Waals surface area contributed by atoms with Crippen LogP contribution in [-0.2, 0) is 6.42 Å². The van der Waals surface area contributed by atoms with Crippen molar-refractivity contribution in [2.45, 2.75) is 40.0 Å². The molecular weight excluding hydrogens is 296 g/mol. The average Bonchev–Trinajstić information content (AvgIpc) is 2.89. The van der Waals surface area contributed by atoms with Crippen molar-refractivity contribution in [1.29, 1.82) is 0 Å². The van der Waals surface area contributed by atoms with E-state index < -0.39 is 0 Å². The maximum Gasteiger partial charge on any atom is 0.257 e. The number of aromatic nitrogens is 3. The van der Waals surface area contributed by atoms with E-state index in [1.54, 1.807) is 22.4 Å². The molecule has 0 saturated heterocycles. The molecule has 2 aromatic heterocycles. The fraction of sp³-hybridized carbons (Fsp3) is 0.500. The molecule has 22 heavy (non-hydrogen) atoms. The van der Waals surface area contributed by atoms with Gasteiger partial charge in [-0.25, -0.2) is 15.0 Å². The topological polar surface area (TPSA) is 59.0 Å². The van der Waals surface area contributed by atoms with Gasteiger partial charge in [-0.3, -0.25) is 4.79 Å². The SMILES string of the molecule is Cc1nc(C(C)C)ncc1C(=O)N(C)CCc1scnc1C. The van der Waals surface area contributed by atoms with Crippen LogP contribution in [-0.4, -0.2) is 39.4 Å². The number of amides is 1. The predicted octanol–water partition coefficient (Wildman–Crippen LogP) is 2.99. The molecule has 118 valence electrons. The van der Waals surface area contributed by atoms with E-state index in [4.69, 9.17) is 0 Å². The molecule has 0 atom stereocenters. The number of carbonyl (C=O) groups excluding carboxylic acids is 1. The molecule has 2 rings (SSSR count). The lowest BCUT2D eigenvalue weighted by Crippen LogP contribution is -2.30. The van der Waals surface area contributed by atoms with Gasteiger partial charge in [0.15, 0.2) is 0 Å². The van der Waals surface area contributed by atoms with Crippen molar-refractivity contribution in [1.82, 2.24) is 19.9 Å². The highest BCUT2D eigenvalue weighted by Crippen LogP contribution is 2.15. The van der Waals surface area contributed by atoms with Crippen molar-refractivity contribution in [3.63, 3.8) is 0 Å². The third-order valence-corrected chi connectivity index (χ3v) is 4.61. The molecule has 0 N–H and O–H groups in total. The van der Waals surface area contributed by atoms with Crippen LogP contribution in [0.4, 0.5) is 0 Å². The maximum absolute atomic E-state index is 12.5. The molecule has 6 heteroatoms. The Morgan fingerprint density at radius 1 is 1.27 bits per heavy atom. The molecule has 0 radical (unpaired) electrons. The van der Waals surface area contributed by atoms with Crippen LogP contribution in [0.1, 0.15) is 52.2 Å². The summed E-state index contributed by atoms with van der Waals surface area (Å²) >= 11 is 1.63. The van der Waals surface area contributed by atoms with Gasteiger partial charge in [-0.05, 0) is 13.8 Å². The summed E-state index contributed by atoms with van der Waals surface area (Å²) in [6, 6.07) is 0. The molecular formula is C16H22N4OS. The van der Waals surface area contributed by atoms with E-state index in [1.165, 1.54) is 4.88 Å². The fourth-order valence-corrected chi connectivity index (χ4v) is 2.89. The van der Waals surface area contributed by atoms with Gasteiger partial charge in [0.25, 0.3) is 5.91 Å². The molecule has 0 aromatic carbocycles. The standard InChI is InChI=1S/C16H22N4OS/c1-10(2)15-17-8-13(11(3)19-15)16(21)20(5)7-6-14-12(4)18-9-22-14/h8-10H,6-7H2,1-5H3. The second kappa shape index (κ2) is 6.96. The Labute approximate surface area is 135 Å². The molecule has 0 aliphatic carbocycles. The number of carbonyl (C=O) groups is 1. The van der Waals surface area contributed by atoms with E-state index in [0.717, 1.165) is 23.6 Å². The molecule has 0 spiro atoms. The molecule has 2 heterocycles. The van der Waals surface area contributed by atoms with Gasteiger partial charge in [0.1, 0.15) is 5.82 Å². The number of rotatable bonds is 5. The van der Waals surface area contributed by atoms with Crippen LogP contribution in [0.15, 0.2) is 11.7 Å². The second-order valence-electron chi connectivity index (χ2n) is 5.72. The van der Waals surface area contributed by atoms with Crippen molar-refractivity contribution >= 4 is 17.2 Å². The smallest absolute Gasteiger partial charge is 0.257 e. The van der Waals surface area contributed by atoms with Gasteiger partial charge in [-0.2, -0.15) is 0 Å². The highest BCUT2D eigenvalue weighted by Gasteiger charge is 2.17. The van der Waals surface area contributed by atoms with Crippen molar-refractivity contribution in [3.05, 3.63) is 39.4 Å². The van der Waals surface area contributed by atoms with Gasteiger partial charge < -0.3 is 4.90 Å². The van der Waals surface area contributed by atoms with Gasteiger partial charge in [0, 0.05) is 37.0 Å². The first-order valence-electron chi connectivity index (χ1n) is 7.38. The van der Waals surface area contributed by atoms with E-state index in [2.05, 4.69) is 15.0 Å². The zero-order valence-electron chi connectivity index (χ0n) is 13.8. The second-order valence-corrected chi connectivity index (χ2v) is 6.66. The van der Waals surface area contributed by atoms with Crippen LogP contribution in [0.3, 0.4) is 0 Å². The minimum Gasteiger partial charge on any atom is -0.341 e. The van der Waals surface area contributed by atoms with Crippen molar-refractivity contribution in [3.8, 4) is 0 Å².